The normalized spacial score (nSPS) is 12.9. The highest BCUT2D eigenvalue weighted by molar-refractivity contribution is 6.13. The Labute approximate surface area is 466 Å². The van der Waals surface area contributed by atoms with E-state index in [0.29, 0.717) is 47.9 Å². The van der Waals surface area contributed by atoms with Crippen molar-refractivity contribution in [1.29, 1.82) is 0 Å². The Morgan fingerprint density at radius 3 is 0.738 bits per heavy atom. The van der Waals surface area contributed by atoms with Gasteiger partial charge in [-0.3, -0.25) is 19.2 Å². The fourth-order valence-corrected chi connectivity index (χ4v) is 8.96. The first kappa shape index (κ1) is 62.7. The summed E-state index contributed by atoms with van der Waals surface area (Å²) in [6.45, 7) is 7.95. The van der Waals surface area contributed by atoms with Crippen molar-refractivity contribution in [1.82, 2.24) is 21.3 Å². The molecule has 4 aliphatic heterocycles. The zero-order chi connectivity index (χ0) is 58.1. The second-order valence-corrected chi connectivity index (χ2v) is 19.6. The molecule has 0 fully saturated rings. The summed E-state index contributed by atoms with van der Waals surface area (Å²) in [7, 11) is 0. The van der Waals surface area contributed by atoms with Gasteiger partial charge < -0.3 is 60.6 Å². The molecule has 8 rings (SSSR count). The number of hydrogen-bond acceptors (Lipinski definition) is 12. The second kappa shape index (κ2) is 32.0. The van der Waals surface area contributed by atoms with Crippen LogP contribution in [0.5, 0.6) is 23.0 Å². The summed E-state index contributed by atoms with van der Waals surface area (Å²) in [6.07, 6.45) is 13.5. The van der Waals surface area contributed by atoms with Gasteiger partial charge in [-0.05, 0) is 74.2 Å². The van der Waals surface area contributed by atoms with E-state index < -0.39 is 92.0 Å². The summed E-state index contributed by atoms with van der Waals surface area (Å²) in [6, 6.07) is 9.71. The number of aromatic carboxylic acids is 4. The molecule has 4 aliphatic rings. The lowest BCUT2D eigenvalue weighted by Crippen LogP contribution is -2.30. The van der Waals surface area contributed by atoms with Gasteiger partial charge in [0.25, 0.3) is 23.6 Å². The van der Waals surface area contributed by atoms with E-state index in [0.717, 1.165) is 101 Å². The molecular weight excluding hydrogens is 1030 g/mol. The number of rotatable bonds is 28. The number of carboxylic acids is 4. The highest BCUT2D eigenvalue weighted by Crippen LogP contribution is 2.33. The van der Waals surface area contributed by atoms with Crippen LogP contribution in [0.4, 0.5) is 0 Å². The first-order chi connectivity index (χ1) is 38.5. The van der Waals surface area contributed by atoms with Crippen molar-refractivity contribution >= 4 is 47.5 Å². The molecule has 0 saturated heterocycles. The van der Waals surface area contributed by atoms with Crippen molar-refractivity contribution in [2.75, 3.05) is 26.4 Å². The van der Waals surface area contributed by atoms with Crippen LogP contribution in [0.3, 0.4) is 0 Å². The molecule has 4 heterocycles. The Hall–Kier alpha value is -8.16. The molecule has 4 aromatic rings. The van der Waals surface area contributed by atoms with Crippen LogP contribution in [0.25, 0.3) is 0 Å². The summed E-state index contributed by atoms with van der Waals surface area (Å²) < 4.78 is 25.2. The molecule has 0 aliphatic carbocycles. The fraction of sp³-hybridized carbons (Fsp3) is 0.467. The van der Waals surface area contributed by atoms with E-state index in [9.17, 15) is 58.8 Å². The van der Waals surface area contributed by atoms with Crippen LogP contribution in [-0.2, 0) is 26.2 Å². The maximum atomic E-state index is 14.3. The molecule has 432 valence electrons. The third-order valence-corrected chi connectivity index (χ3v) is 13.5. The zero-order valence-electron chi connectivity index (χ0n) is 46.3. The smallest absolute Gasteiger partial charge is 0.336 e. The van der Waals surface area contributed by atoms with Crippen LogP contribution >= 0.6 is 0 Å². The number of carbonyl (C=O) groups excluding carboxylic acids is 4. The third-order valence-electron chi connectivity index (χ3n) is 13.5. The number of carboxylic acid groups (broad SMARTS) is 4. The van der Waals surface area contributed by atoms with Gasteiger partial charge in [0.15, 0.2) is 0 Å². The molecule has 80 heavy (non-hydrogen) atoms. The van der Waals surface area contributed by atoms with Crippen molar-refractivity contribution in [2.24, 2.45) is 0 Å². The number of ether oxygens (including phenoxy) is 4. The maximum absolute atomic E-state index is 14.3. The first-order valence-corrected chi connectivity index (χ1v) is 27.8. The van der Waals surface area contributed by atoms with Gasteiger partial charge in [0.05, 0.1) is 70.9 Å². The van der Waals surface area contributed by atoms with E-state index in [1.165, 1.54) is 0 Å². The van der Waals surface area contributed by atoms with Gasteiger partial charge >= 0.3 is 23.9 Å². The van der Waals surface area contributed by atoms with Crippen LogP contribution in [0.2, 0.25) is 0 Å². The standard InChI is InChI=1S/C60H76N4O16/c1-5-9-13-17-21-77-49-25-38-34-62-54(66)42-30-44(48(60(75)76)32-46(42)58(71)72)56(68)64-36-40-28-51(79-23-19-15-11-7-3)39(27-52(40)80-24-20-16-12-8-4)35-63-55(67)43-29-41(45(57(69)70)31-47(43)59(73)74)53(65)61-33-37(49)26-50(38)78-22-18-14-10-6-2/h25-32H,5-24,33-36H2,1-4H3,(H,61,65)(H,62,66)(H,63,67)(H,64,68)(H,69,70)(H,71,72)(H,73,74)(H,75,76). The summed E-state index contributed by atoms with van der Waals surface area (Å²) in [5, 5.41) is 52.3. The van der Waals surface area contributed by atoms with Gasteiger partial charge in [0, 0.05) is 48.4 Å². The summed E-state index contributed by atoms with van der Waals surface area (Å²) in [4.78, 5) is 108. The van der Waals surface area contributed by atoms with Crippen LogP contribution in [0.15, 0.2) is 48.5 Å². The molecule has 4 amide bonds. The van der Waals surface area contributed by atoms with Gasteiger partial charge in [-0.1, -0.05) is 105 Å². The Balaban J connectivity index is 1.72. The van der Waals surface area contributed by atoms with Gasteiger partial charge in [0.1, 0.15) is 23.0 Å². The number of nitrogens with one attached hydrogen (secondary N) is 4. The Morgan fingerprint density at radius 2 is 0.550 bits per heavy atom. The maximum Gasteiger partial charge on any atom is 0.336 e. The molecule has 4 aromatic carbocycles. The molecule has 8 N–H and O–H groups in total. The van der Waals surface area contributed by atoms with Crippen LogP contribution < -0.4 is 40.2 Å². The number of amides is 4. The minimum atomic E-state index is -1.63. The number of benzene rings is 4. The zero-order valence-corrected chi connectivity index (χ0v) is 46.3. The van der Waals surface area contributed by atoms with E-state index >= 15 is 0 Å². The lowest BCUT2D eigenvalue weighted by molar-refractivity contribution is 0.0671. The second-order valence-electron chi connectivity index (χ2n) is 19.6. The van der Waals surface area contributed by atoms with Crippen molar-refractivity contribution in [3.8, 4) is 23.0 Å². The van der Waals surface area contributed by atoms with Gasteiger partial charge in [0.2, 0.25) is 0 Å². The number of unbranched alkanes of at least 4 members (excludes halogenated alkanes) is 12. The molecule has 0 radical (unpaired) electrons. The lowest BCUT2D eigenvalue weighted by Gasteiger charge is -2.20. The monoisotopic (exact) mass is 1110 g/mol. The van der Waals surface area contributed by atoms with E-state index in [2.05, 4.69) is 49.0 Å². The molecule has 0 unspecified atom stereocenters. The average Bonchev–Trinajstić information content (AvgIpc) is 3.45. The lowest BCUT2D eigenvalue weighted by atomic mass is 9.96. The summed E-state index contributed by atoms with van der Waals surface area (Å²) >= 11 is 0. The van der Waals surface area contributed by atoms with Gasteiger partial charge in [-0.15, -0.1) is 0 Å². The van der Waals surface area contributed by atoms with Gasteiger partial charge in [-0.25, -0.2) is 19.2 Å². The first-order valence-electron chi connectivity index (χ1n) is 27.8. The highest BCUT2D eigenvalue weighted by atomic mass is 16.5. The van der Waals surface area contributed by atoms with E-state index in [1.54, 1.807) is 24.3 Å². The summed E-state index contributed by atoms with van der Waals surface area (Å²) in [5.74, 6) is -9.43. The molecular formula is C60H76N4O16. The Morgan fingerprint density at radius 1 is 0.338 bits per heavy atom. The quantitative estimate of drug-likeness (QED) is 0.0245. The molecule has 0 atom stereocenters. The predicted octanol–water partition coefficient (Wildman–Crippen LogP) is 10.3. The summed E-state index contributed by atoms with van der Waals surface area (Å²) in [5.41, 5.74) is -3.34. The average molecular weight is 1110 g/mol. The Bertz CT molecular complexity index is 2490. The molecule has 0 spiro atoms. The molecule has 20 heteroatoms. The van der Waals surface area contributed by atoms with E-state index in [-0.39, 0.29) is 75.6 Å². The third kappa shape index (κ3) is 17.9. The fourth-order valence-electron chi connectivity index (χ4n) is 8.96. The largest absolute Gasteiger partial charge is 0.493 e. The van der Waals surface area contributed by atoms with Gasteiger partial charge in [-0.2, -0.15) is 0 Å². The van der Waals surface area contributed by atoms with Crippen molar-refractivity contribution in [2.45, 2.75) is 157 Å². The van der Waals surface area contributed by atoms with Crippen molar-refractivity contribution < 1.29 is 77.7 Å². The van der Waals surface area contributed by atoms with E-state index in [4.69, 9.17) is 18.9 Å². The Kier molecular flexibility index (Phi) is 25.1. The molecule has 20 nitrogen and oxygen atoms in total. The SMILES string of the molecule is CCCCCCOc1cc2c(OCCCCCC)cc1CNC(=O)c1cc(c(C(=O)O)cc1C(=O)O)C(=O)NCc1cc(OCCCCCC)c(cc1OCCCCCC)CNC(=O)c1cc(c(C(=O)O)cc1C(=O)O)C(=O)NC2. The van der Waals surface area contributed by atoms with E-state index in [1.807, 2.05) is 0 Å². The molecule has 8 bridgehead atoms. The van der Waals surface area contributed by atoms with Crippen LogP contribution in [0.1, 0.15) is 236 Å². The minimum Gasteiger partial charge on any atom is -0.493 e. The minimum absolute atomic E-state index is 0.231. The number of hydrogen-bond donors (Lipinski definition) is 8. The van der Waals surface area contributed by atoms with Crippen LogP contribution in [0, 0.1) is 0 Å². The topological polar surface area (TPSA) is 303 Å². The predicted molar refractivity (Wildman–Crippen MR) is 297 cm³/mol. The molecule has 0 saturated carbocycles. The number of carbonyl (C=O) groups is 8. The highest BCUT2D eigenvalue weighted by Gasteiger charge is 2.29. The van der Waals surface area contributed by atoms with Crippen molar-refractivity contribution in [3.05, 3.63) is 115 Å². The van der Waals surface area contributed by atoms with Crippen molar-refractivity contribution in [3.63, 3.8) is 0 Å². The van der Waals surface area contributed by atoms with Crippen LogP contribution in [-0.4, -0.2) is 94.4 Å². The molecule has 0 aromatic heterocycles.